The van der Waals surface area contributed by atoms with Gasteiger partial charge in [0.15, 0.2) is 11.6 Å². The van der Waals surface area contributed by atoms with Crippen molar-refractivity contribution in [2.75, 3.05) is 5.34 Å². The summed E-state index contributed by atoms with van der Waals surface area (Å²) in [6.07, 6.45) is 41.1. The van der Waals surface area contributed by atoms with Crippen LogP contribution in [0.25, 0.3) is 0 Å². The maximum absolute atomic E-state index is 11.7. The zero-order chi connectivity index (χ0) is 50.9. The Morgan fingerprint density at radius 3 is 1.86 bits per heavy atom. The standard InChI is InChI=1S/C14H24OSi.C12H15NO.C11H16O.C11H14O.C9H12O.C2H3.CH2Cl2.BrH.Mg/c1-5-14-10-7-6-8-12(14)13(9-11-14)15-16(2,3)4;1-2-12-6-3-4-9(8-13)11(12)10(14)5-7-12;2*1-2-11-7-4-3-5-9(11)10(12)6-8-11;10-9-6-5-7-3-1-2-4-8(7)9;1-2;2-1-3;;/h5H,1,6-11H2,2-4H3;2,9,11H,1,3-7H2;2,9H,1,3-8H2;2,5H,1,3-4,6-8H2;1-6H2;1H,2H2;1H2;1H;/q;;;;;-1;;;+2/p-1/t;9-,11+,12-;;;;;;;/m.0......./s1. The zero-order valence-corrected chi connectivity index (χ0v) is 49.6. The molecular formula is C60H86BrCl2MgNO5Si. The number of Topliss-reactive ketones (excluding diaryl/α,β-unsaturated/α-hetero) is 4. The van der Waals surface area contributed by atoms with Gasteiger partial charge in [-0.15, -0.1) is 49.5 Å². The van der Waals surface area contributed by atoms with Crippen LogP contribution in [-0.2, 0) is 23.6 Å². The Hall–Kier alpha value is -2.07. The third-order valence-electron chi connectivity index (χ3n) is 17.3. The second-order valence-electron chi connectivity index (χ2n) is 22.0. The van der Waals surface area contributed by atoms with Gasteiger partial charge in [-0.2, -0.15) is 5.26 Å². The first-order valence-electron chi connectivity index (χ1n) is 26.5. The summed E-state index contributed by atoms with van der Waals surface area (Å²) in [6, 6.07) is 2.30. The van der Waals surface area contributed by atoms with Crippen molar-refractivity contribution in [2.45, 2.75) is 199 Å². The van der Waals surface area contributed by atoms with Crippen molar-refractivity contribution in [3.8, 4) is 6.07 Å². The molecule has 6 nitrogen and oxygen atoms in total. The Kier molecular flexibility index (Phi) is 27.9. The van der Waals surface area contributed by atoms with Crippen LogP contribution < -0.4 is 17.0 Å². The molecule has 11 heteroatoms. The number of alkyl halides is 2. The minimum absolute atomic E-state index is 0. The Balaban J connectivity index is 0.000000297. The van der Waals surface area contributed by atoms with Crippen LogP contribution in [0.4, 0.5) is 0 Å². The number of ketones is 4. The van der Waals surface area contributed by atoms with Gasteiger partial charge in [0.1, 0.15) is 11.6 Å². The Morgan fingerprint density at radius 1 is 0.662 bits per heavy atom. The van der Waals surface area contributed by atoms with Crippen LogP contribution in [0.15, 0.2) is 91.3 Å². The fourth-order valence-corrected chi connectivity index (χ4v) is 14.6. The summed E-state index contributed by atoms with van der Waals surface area (Å²) in [6.45, 7) is 29.5. The average Bonchev–Trinajstić information content (AvgIpc) is 4.20. The molecule has 6 fully saturated rings. The first-order valence-corrected chi connectivity index (χ1v) is 31.0. The smallest absolute Gasteiger partial charge is 1.00 e. The number of rotatable bonds is 6. The molecule has 0 N–H and O–H groups in total. The molecule has 0 bridgehead atoms. The molecule has 0 amide bonds. The van der Waals surface area contributed by atoms with Crippen molar-refractivity contribution in [3.63, 3.8) is 0 Å². The molecule has 10 aliphatic rings. The molecular weight excluding hydrogens is 1020 g/mol. The summed E-state index contributed by atoms with van der Waals surface area (Å²) in [5.74, 6) is 3.15. The number of hydrogen-bond acceptors (Lipinski definition) is 6. The van der Waals surface area contributed by atoms with E-state index < -0.39 is 8.32 Å². The van der Waals surface area contributed by atoms with Crippen LogP contribution in [0.5, 0.6) is 0 Å². The van der Waals surface area contributed by atoms with E-state index in [1.165, 1.54) is 94.0 Å². The normalized spacial score (nSPS) is 31.6. The summed E-state index contributed by atoms with van der Waals surface area (Å²) >= 11 is 9.53. The maximum atomic E-state index is 11.7. The van der Waals surface area contributed by atoms with E-state index in [-0.39, 0.29) is 79.2 Å². The van der Waals surface area contributed by atoms with Gasteiger partial charge < -0.3 is 28.0 Å². The number of halogens is 3. The summed E-state index contributed by atoms with van der Waals surface area (Å²) in [5.41, 5.74) is 5.91. The molecule has 0 aliphatic heterocycles. The predicted molar refractivity (Wildman–Crippen MR) is 295 cm³/mol. The first kappa shape index (κ1) is 65.0. The fraction of sp³-hybridized carbons (Fsp3) is 0.650. The monoisotopic (exact) mass is 1100 g/mol. The van der Waals surface area contributed by atoms with E-state index in [2.05, 4.69) is 83.4 Å². The van der Waals surface area contributed by atoms with Crippen molar-refractivity contribution < 1.29 is 40.6 Å². The van der Waals surface area contributed by atoms with E-state index in [1.807, 2.05) is 12.2 Å². The molecule has 10 aliphatic carbocycles. The Morgan fingerprint density at radius 2 is 1.25 bits per heavy atom. The molecule has 0 aromatic rings. The van der Waals surface area contributed by atoms with Crippen LogP contribution in [0.1, 0.15) is 180 Å². The minimum atomic E-state index is -1.44. The zero-order valence-electron chi connectivity index (χ0n) is 44.1. The van der Waals surface area contributed by atoms with Crippen LogP contribution in [0, 0.1) is 57.3 Å². The van der Waals surface area contributed by atoms with E-state index >= 15 is 0 Å². The molecule has 0 radical (unpaired) electrons. The molecule has 6 saturated carbocycles. The molecule has 7 atom stereocenters. The second kappa shape index (κ2) is 30.5. The van der Waals surface area contributed by atoms with Gasteiger partial charge >= 0.3 is 23.1 Å². The summed E-state index contributed by atoms with van der Waals surface area (Å²) in [5, 5.41) is 9.22. The van der Waals surface area contributed by atoms with Gasteiger partial charge in [-0.25, -0.2) is 0 Å². The van der Waals surface area contributed by atoms with Gasteiger partial charge in [-0.3, -0.25) is 25.8 Å². The van der Waals surface area contributed by atoms with Gasteiger partial charge in [-0.1, -0.05) is 61.6 Å². The minimum Gasteiger partial charge on any atom is -1.00 e. The van der Waals surface area contributed by atoms with Crippen LogP contribution in [-0.4, -0.2) is 59.8 Å². The molecule has 0 spiro atoms. The van der Waals surface area contributed by atoms with Crippen molar-refractivity contribution in [2.24, 2.45) is 39.4 Å². The van der Waals surface area contributed by atoms with Crippen LogP contribution >= 0.6 is 23.2 Å². The second-order valence-corrected chi connectivity index (χ2v) is 27.2. The number of carbonyl (C=O) groups excluding carboxylic acids is 4. The third-order valence-corrected chi connectivity index (χ3v) is 18.1. The van der Waals surface area contributed by atoms with E-state index in [9.17, 15) is 19.2 Å². The summed E-state index contributed by atoms with van der Waals surface area (Å²) in [4.78, 5) is 45.9. The maximum Gasteiger partial charge on any atom is 2.00 e. The first-order chi connectivity index (χ1) is 33.1. The SMILES string of the molecule is C=CC12CCCC=C1C(=O)CC2.C=CC12CCCCC1=C(O[Si](C)(C)C)CC2.C=CC12CCCCC1C(=O)CC2.C=C[C@@]12CCC[C@@H](C#N)[C@@H]1C(=O)CC2.ClCCl.O=C1CCC2=C1CCCC2.[Br-].[CH-]=C.[Mg+2]. The average molecular weight is 1100 g/mol. The summed E-state index contributed by atoms with van der Waals surface area (Å²) < 4.78 is 6.27. The Bertz CT molecular complexity index is 2030. The van der Waals surface area contributed by atoms with Gasteiger partial charge in [0, 0.05) is 60.3 Å². The molecule has 0 saturated heterocycles. The van der Waals surface area contributed by atoms with Gasteiger partial charge in [0.25, 0.3) is 0 Å². The fourth-order valence-electron chi connectivity index (χ4n) is 13.7. The van der Waals surface area contributed by atoms with Crippen molar-refractivity contribution in [1.29, 1.82) is 5.26 Å². The van der Waals surface area contributed by atoms with E-state index in [1.54, 1.807) is 5.57 Å². The largest absolute Gasteiger partial charge is 2.00 e. The number of fused-ring (bicyclic) bond motifs is 4. The van der Waals surface area contributed by atoms with Crippen molar-refractivity contribution in [1.82, 2.24) is 0 Å². The summed E-state index contributed by atoms with van der Waals surface area (Å²) in [7, 11) is -1.44. The van der Waals surface area contributed by atoms with Gasteiger partial charge in [0.05, 0.1) is 23.1 Å². The number of hydrogen-bond donors (Lipinski definition) is 0. The Labute approximate surface area is 468 Å². The third kappa shape index (κ3) is 16.0. The molecule has 71 heavy (non-hydrogen) atoms. The molecule has 0 heterocycles. The van der Waals surface area contributed by atoms with E-state index in [4.69, 9.17) is 32.9 Å². The molecule has 388 valence electrons. The van der Waals surface area contributed by atoms with E-state index in [0.29, 0.717) is 35.1 Å². The number of nitrogens with zero attached hydrogens (tertiary/aromatic N) is 1. The van der Waals surface area contributed by atoms with Gasteiger partial charge in [-0.05, 0) is 164 Å². The van der Waals surface area contributed by atoms with E-state index in [0.717, 1.165) is 102 Å². The predicted octanol–water partition coefficient (Wildman–Crippen LogP) is 13.3. The number of allylic oxidation sites excluding steroid dienone is 10. The molecule has 0 aromatic carbocycles. The van der Waals surface area contributed by atoms with Crippen molar-refractivity contribution in [3.05, 3.63) is 97.9 Å². The van der Waals surface area contributed by atoms with Crippen molar-refractivity contribution >= 4 is 77.7 Å². The van der Waals surface area contributed by atoms with Crippen LogP contribution in [0.3, 0.4) is 0 Å². The number of carbonyl (C=O) groups is 4. The van der Waals surface area contributed by atoms with Gasteiger partial charge in [0.2, 0.25) is 8.32 Å². The quantitative estimate of drug-likeness (QED) is 0.114. The number of nitriles is 1. The molecule has 10 rings (SSSR count). The van der Waals surface area contributed by atoms with Crippen LogP contribution in [0.2, 0.25) is 19.6 Å². The topological polar surface area (TPSA) is 101 Å². The molecule has 0 aromatic heterocycles. The molecule has 4 unspecified atom stereocenters.